The molecular formula is C15H18BrN3. The molecule has 0 spiro atoms. The van der Waals surface area contributed by atoms with Gasteiger partial charge in [0.25, 0.3) is 0 Å². The molecule has 0 aliphatic heterocycles. The zero-order valence-corrected chi connectivity index (χ0v) is 12.7. The van der Waals surface area contributed by atoms with Gasteiger partial charge < -0.3 is 5.73 Å². The first kappa shape index (κ1) is 12.7. The molecule has 4 heteroatoms. The maximum atomic E-state index is 6.17. The first-order valence-corrected chi connectivity index (χ1v) is 7.52. The summed E-state index contributed by atoms with van der Waals surface area (Å²) in [5.41, 5.74) is 10.3. The lowest BCUT2D eigenvalue weighted by atomic mass is 9.85. The second-order valence-corrected chi connectivity index (χ2v) is 6.24. The summed E-state index contributed by atoms with van der Waals surface area (Å²) in [6, 6.07) is 6.16. The Morgan fingerprint density at radius 1 is 1.42 bits per heavy atom. The van der Waals surface area contributed by atoms with Crippen molar-refractivity contribution in [1.82, 2.24) is 9.78 Å². The van der Waals surface area contributed by atoms with Gasteiger partial charge in [-0.3, -0.25) is 4.68 Å². The summed E-state index contributed by atoms with van der Waals surface area (Å²) < 4.78 is 3.19. The smallest absolute Gasteiger partial charge is 0.0703 e. The number of hydrogen-bond donors (Lipinski definition) is 1. The Morgan fingerprint density at radius 2 is 2.21 bits per heavy atom. The summed E-state index contributed by atoms with van der Waals surface area (Å²) in [5, 5.41) is 4.45. The molecule has 3 nitrogen and oxygen atoms in total. The highest BCUT2D eigenvalue weighted by molar-refractivity contribution is 9.10. The van der Waals surface area contributed by atoms with Gasteiger partial charge >= 0.3 is 0 Å². The van der Waals surface area contributed by atoms with Crippen LogP contribution < -0.4 is 5.73 Å². The van der Waals surface area contributed by atoms with Crippen LogP contribution in [0.4, 0.5) is 5.69 Å². The zero-order chi connectivity index (χ0) is 13.4. The van der Waals surface area contributed by atoms with Crippen LogP contribution in [0.25, 0.3) is 11.3 Å². The van der Waals surface area contributed by atoms with E-state index in [2.05, 4.69) is 38.7 Å². The predicted molar refractivity (Wildman–Crippen MR) is 81.9 cm³/mol. The second-order valence-electron chi connectivity index (χ2n) is 5.38. The minimum atomic E-state index is 0.786. The van der Waals surface area contributed by atoms with Gasteiger partial charge in [-0.2, -0.15) is 5.10 Å². The molecule has 1 aromatic carbocycles. The van der Waals surface area contributed by atoms with Crippen LogP contribution in [0.1, 0.15) is 24.8 Å². The van der Waals surface area contributed by atoms with Crippen molar-refractivity contribution in [2.75, 3.05) is 5.73 Å². The molecule has 2 N–H and O–H groups in total. The van der Waals surface area contributed by atoms with Crippen molar-refractivity contribution in [3.05, 3.63) is 34.4 Å². The van der Waals surface area contributed by atoms with Crippen LogP contribution in [0.3, 0.4) is 0 Å². The number of nitrogen functional groups attached to an aromatic ring is 1. The van der Waals surface area contributed by atoms with Gasteiger partial charge in [-0.25, -0.2) is 0 Å². The van der Waals surface area contributed by atoms with Crippen LogP contribution in [0.2, 0.25) is 0 Å². The predicted octanol–water partition coefficient (Wildman–Crippen LogP) is 4.00. The third kappa shape index (κ3) is 2.41. The Balaban J connectivity index is 1.97. The number of hydrogen-bond acceptors (Lipinski definition) is 2. The van der Waals surface area contributed by atoms with Gasteiger partial charge in [-0.05, 0) is 49.4 Å². The normalized spacial score (nSPS) is 15.5. The molecule has 1 saturated carbocycles. The molecule has 1 aromatic heterocycles. The molecule has 3 rings (SSSR count). The molecule has 19 heavy (non-hydrogen) atoms. The van der Waals surface area contributed by atoms with E-state index in [1.807, 2.05) is 18.3 Å². The molecule has 1 heterocycles. The fourth-order valence-electron chi connectivity index (χ4n) is 2.55. The maximum Gasteiger partial charge on any atom is 0.0703 e. The van der Waals surface area contributed by atoms with Crippen LogP contribution in [-0.2, 0) is 6.54 Å². The lowest BCUT2D eigenvalue weighted by Crippen LogP contribution is -2.19. The van der Waals surface area contributed by atoms with E-state index in [0.29, 0.717) is 0 Å². The molecular weight excluding hydrogens is 302 g/mol. The zero-order valence-electron chi connectivity index (χ0n) is 11.1. The topological polar surface area (TPSA) is 43.8 Å². The Labute approximate surface area is 121 Å². The number of rotatable bonds is 3. The quantitative estimate of drug-likeness (QED) is 0.869. The van der Waals surface area contributed by atoms with Crippen molar-refractivity contribution in [1.29, 1.82) is 0 Å². The van der Waals surface area contributed by atoms with Gasteiger partial charge in [0.05, 0.1) is 5.69 Å². The van der Waals surface area contributed by atoms with E-state index in [4.69, 9.17) is 5.73 Å². The SMILES string of the molecule is Cc1cc(N)c(-c2ccnn2CC2CCC2)cc1Br. The summed E-state index contributed by atoms with van der Waals surface area (Å²) >= 11 is 3.58. The summed E-state index contributed by atoms with van der Waals surface area (Å²) in [6.07, 6.45) is 5.87. The van der Waals surface area contributed by atoms with E-state index in [9.17, 15) is 0 Å². The van der Waals surface area contributed by atoms with Crippen molar-refractivity contribution in [2.45, 2.75) is 32.7 Å². The molecule has 1 aliphatic carbocycles. The van der Waals surface area contributed by atoms with E-state index in [1.165, 1.54) is 19.3 Å². The highest BCUT2D eigenvalue weighted by Crippen LogP contribution is 2.33. The van der Waals surface area contributed by atoms with E-state index < -0.39 is 0 Å². The molecule has 0 radical (unpaired) electrons. The third-order valence-electron chi connectivity index (χ3n) is 3.98. The number of aromatic nitrogens is 2. The standard InChI is InChI=1S/C15H18BrN3/c1-10-7-14(17)12(8-13(10)16)15-5-6-18-19(15)9-11-3-2-4-11/h5-8,11H,2-4,9,17H2,1H3. The van der Waals surface area contributed by atoms with Crippen LogP contribution >= 0.6 is 15.9 Å². The molecule has 0 saturated heterocycles. The van der Waals surface area contributed by atoms with Gasteiger partial charge in [-0.1, -0.05) is 22.4 Å². The van der Waals surface area contributed by atoms with Crippen molar-refractivity contribution < 1.29 is 0 Å². The summed E-state index contributed by atoms with van der Waals surface area (Å²) in [4.78, 5) is 0. The lowest BCUT2D eigenvalue weighted by Gasteiger charge is -2.26. The van der Waals surface area contributed by atoms with Crippen molar-refractivity contribution >= 4 is 21.6 Å². The van der Waals surface area contributed by atoms with Crippen molar-refractivity contribution in [2.24, 2.45) is 5.92 Å². The first-order chi connectivity index (χ1) is 9.15. The third-order valence-corrected chi connectivity index (χ3v) is 4.83. The number of aryl methyl sites for hydroxylation is 1. The average Bonchev–Trinajstić information content (AvgIpc) is 2.76. The molecule has 1 aliphatic rings. The maximum absolute atomic E-state index is 6.17. The lowest BCUT2D eigenvalue weighted by molar-refractivity contribution is 0.268. The summed E-state index contributed by atoms with van der Waals surface area (Å²) in [6.45, 7) is 3.06. The second kappa shape index (κ2) is 5.00. The molecule has 1 fully saturated rings. The number of halogens is 1. The Hall–Kier alpha value is -1.29. The van der Waals surface area contributed by atoms with Crippen LogP contribution in [0.5, 0.6) is 0 Å². The highest BCUT2D eigenvalue weighted by Gasteiger charge is 2.20. The number of nitrogens with two attached hydrogens (primary N) is 1. The fourth-order valence-corrected chi connectivity index (χ4v) is 2.90. The fraction of sp³-hybridized carbons (Fsp3) is 0.400. The number of nitrogens with zero attached hydrogens (tertiary/aromatic N) is 2. The van der Waals surface area contributed by atoms with E-state index in [1.54, 1.807) is 0 Å². The van der Waals surface area contributed by atoms with Gasteiger partial charge in [0.1, 0.15) is 0 Å². The molecule has 0 atom stereocenters. The van der Waals surface area contributed by atoms with E-state index in [0.717, 1.165) is 39.4 Å². The molecule has 2 aromatic rings. The molecule has 0 amide bonds. The van der Waals surface area contributed by atoms with Gasteiger partial charge in [0.2, 0.25) is 0 Å². The minimum absolute atomic E-state index is 0.786. The Bertz CT molecular complexity index is 599. The molecule has 0 unspecified atom stereocenters. The Morgan fingerprint density at radius 3 is 2.89 bits per heavy atom. The van der Waals surface area contributed by atoms with Gasteiger partial charge in [0.15, 0.2) is 0 Å². The Kier molecular flexibility index (Phi) is 3.35. The summed E-state index contributed by atoms with van der Waals surface area (Å²) in [5.74, 6) is 0.786. The van der Waals surface area contributed by atoms with Crippen LogP contribution in [0, 0.1) is 12.8 Å². The molecule has 100 valence electrons. The van der Waals surface area contributed by atoms with Crippen LogP contribution in [-0.4, -0.2) is 9.78 Å². The van der Waals surface area contributed by atoms with Crippen molar-refractivity contribution in [3.8, 4) is 11.3 Å². The van der Waals surface area contributed by atoms with Crippen molar-refractivity contribution in [3.63, 3.8) is 0 Å². The van der Waals surface area contributed by atoms with E-state index in [-0.39, 0.29) is 0 Å². The summed E-state index contributed by atoms with van der Waals surface area (Å²) in [7, 11) is 0. The highest BCUT2D eigenvalue weighted by atomic mass is 79.9. The largest absolute Gasteiger partial charge is 0.398 e. The number of benzene rings is 1. The van der Waals surface area contributed by atoms with Gasteiger partial charge in [0, 0.05) is 28.5 Å². The van der Waals surface area contributed by atoms with E-state index >= 15 is 0 Å². The first-order valence-electron chi connectivity index (χ1n) is 6.73. The van der Waals surface area contributed by atoms with Gasteiger partial charge in [-0.15, -0.1) is 0 Å². The number of anilines is 1. The monoisotopic (exact) mass is 319 g/mol. The molecule has 0 bridgehead atoms. The average molecular weight is 320 g/mol. The minimum Gasteiger partial charge on any atom is -0.398 e. The van der Waals surface area contributed by atoms with Crippen LogP contribution in [0.15, 0.2) is 28.9 Å².